The molecule has 144 valence electrons. The van der Waals surface area contributed by atoms with Crippen LogP contribution in [0, 0.1) is 0 Å². The Hall–Kier alpha value is -3.74. The van der Waals surface area contributed by atoms with E-state index in [1.165, 1.54) is 16.7 Å². The summed E-state index contributed by atoms with van der Waals surface area (Å²) in [5.41, 5.74) is 0.106. The van der Waals surface area contributed by atoms with Crippen LogP contribution in [0.15, 0.2) is 77.9 Å². The molecule has 0 saturated heterocycles. The number of hydrogen-bond donors (Lipinski definition) is 0. The summed E-state index contributed by atoms with van der Waals surface area (Å²) in [6.45, 7) is 0. The Bertz CT molecular complexity index is 1260. The van der Waals surface area contributed by atoms with Gasteiger partial charge in [0, 0.05) is 12.4 Å². The number of pyridine rings is 1. The number of nitrogens with zero attached hydrogens (tertiary/aromatic N) is 3. The molecule has 2 aromatic carbocycles. The maximum atomic E-state index is 13.2. The molecule has 0 amide bonds. The first-order valence-corrected chi connectivity index (χ1v) is 8.71. The number of alkyl halides is 3. The minimum absolute atomic E-state index is 0.0949. The van der Waals surface area contributed by atoms with E-state index in [1.54, 1.807) is 60.9 Å². The van der Waals surface area contributed by atoms with Gasteiger partial charge in [0.15, 0.2) is 0 Å². The monoisotopic (exact) mass is 393 g/mol. The SMILES string of the molecule is O=c1c2ccccc2nc(/C=C/c2ccncc2)n1-c1cccc(C(F)(F)F)c1. The van der Waals surface area contributed by atoms with Crippen molar-refractivity contribution in [1.29, 1.82) is 0 Å². The van der Waals surface area contributed by atoms with Crippen LogP contribution in [0.1, 0.15) is 17.0 Å². The lowest BCUT2D eigenvalue weighted by molar-refractivity contribution is -0.137. The highest BCUT2D eigenvalue weighted by atomic mass is 19.4. The molecule has 0 atom stereocenters. The van der Waals surface area contributed by atoms with E-state index >= 15 is 0 Å². The summed E-state index contributed by atoms with van der Waals surface area (Å²) >= 11 is 0. The Balaban J connectivity index is 1.96. The lowest BCUT2D eigenvalue weighted by Gasteiger charge is -2.13. The fourth-order valence-electron chi connectivity index (χ4n) is 2.98. The standard InChI is InChI=1S/C22H14F3N3O/c23-22(24,25)16-4-3-5-17(14-16)28-20(9-8-15-10-12-26-13-11-15)27-19-7-2-1-6-18(19)21(28)29/h1-14H/b9-8+. The van der Waals surface area contributed by atoms with Gasteiger partial charge in [0.1, 0.15) is 5.82 Å². The first-order valence-electron chi connectivity index (χ1n) is 8.71. The highest BCUT2D eigenvalue weighted by Gasteiger charge is 2.30. The van der Waals surface area contributed by atoms with Gasteiger partial charge in [-0.15, -0.1) is 0 Å². The van der Waals surface area contributed by atoms with E-state index in [-0.39, 0.29) is 11.5 Å². The predicted octanol–water partition coefficient (Wildman–Crippen LogP) is 4.97. The summed E-state index contributed by atoms with van der Waals surface area (Å²) < 4.78 is 40.7. The van der Waals surface area contributed by atoms with Crippen molar-refractivity contribution in [3.05, 3.63) is 100 Å². The summed E-state index contributed by atoms with van der Waals surface area (Å²) in [6.07, 6.45) is 2.05. The fraction of sp³-hybridized carbons (Fsp3) is 0.0455. The van der Waals surface area contributed by atoms with Gasteiger partial charge < -0.3 is 0 Å². The van der Waals surface area contributed by atoms with Gasteiger partial charge in [-0.3, -0.25) is 14.3 Å². The molecule has 7 heteroatoms. The quantitative estimate of drug-likeness (QED) is 0.494. The Labute approximate surface area is 163 Å². The Morgan fingerprint density at radius 1 is 0.897 bits per heavy atom. The van der Waals surface area contributed by atoms with Crippen molar-refractivity contribution in [3.8, 4) is 5.69 Å². The average molecular weight is 393 g/mol. The summed E-state index contributed by atoms with van der Waals surface area (Å²) in [7, 11) is 0. The van der Waals surface area contributed by atoms with Crippen LogP contribution in [0.25, 0.3) is 28.7 Å². The molecular formula is C22H14F3N3O. The smallest absolute Gasteiger partial charge is 0.268 e. The molecule has 4 rings (SSSR count). The average Bonchev–Trinajstić information content (AvgIpc) is 2.72. The topological polar surface area (TPSA) is 47.8 Å². The lowest BCUT2D eigenvalue weighted by Crippen LogP contribution is -2.22. The van der Waals surface area contributed by atoms with Crippen molar-refractivity contribution in [2.24, 2.45) is 0 Å². The van der Waals surface area contributed by atoms with Gasteiger partial charge in [-0.25, -0.2) is 4.98 Å². The number of halogens is 3. The minimum Gasteiger partial charge on any atom is -0.268 e. The third kappa shape index (κ3) is 3.80. The molecule has 0 radical (unpaired) electrons. The zero-order chi connectivity index (χ0) is 20.4. The van der Waals surface area contributed by atoms with Crippen LogP contribution >= 0.6 is 0 Å². The van der Waals surface area contributed by atoms with E-state index < -0.39 is 17.3 Å². The molecule has 0 aliphatic rings. The largest absolute Gasteiger partial charge is 0.416 e. The van der Waals surface area contributed by atoms with Gasteiger partial charge in [0.25, 0.3) is 5.56 Å². The molecule has 0 N–H and O–H groups in total. The molecule has 2 heterocycles. The van der Waals surface area contributed by atoms with E-state index in [0.717, 1.165) is 17.7 Å². The summed E-state index contributed by atoms with van der Waals surface area (Å²) in [5, 5.41) is 0.325. The fourth-order valence-corrected chi connectivity index (χ4v) is 2.98. The van der Waals surface area contributed by atoms with Gasteiger partial charge in [0.05, 0.1) is 22.2 Å². The van der Waals surface area contributed by atoms with Crippen molar-refractivity contribution in [2.75, 3.05) is 0 Å². The molecule has 4 aromatic rings. The summed E-state index contributed by atoms with van der Waals surface area (Å²) in [5.74, 6) is 0.227. The van der Waals surface area contributed by atoms with Crippen molar-refractivity contribution in [3.63, 3.8) is 0 Å². The van der Waals surface area contributed by atoms with Gasteiger partial charge >= 0.3 is 6.18 Å². The molecule has 0 spiro atoms. The molecule has 0 fully saturated rings. The number of hydrogen-bond acceptors (Lipinski definition) is 3. The first-order chi connectivity index (χ1) is 13.9. The van der Waals surface area contributed by atoms with Crippen LogP contribution in [-0.2, 0) is 6.18 Å². The van der Waals surface area contributed by atoms with Gasteiger partial charge in [-0.05, 0) is 54.1 Å². The Morgan fingerprint density at radius 2 is 1.66 bits per heavy atom. The van der Waals surface area contributed by atoms with Crippen molar-refractivity contribution in [1.82, 2.24) is 14.5 Å². The van der Waals surface area contributed by atoms with E-state index in [1.807, 2.05) is 0 Å². The van der Waals surface area contributed by atoms with Crippen molar-refractivity contribution >= 4 is 23.1 Å². The van der Waals surface area contributed by atoms with E-state index in [4.69, 9.17) is 0 Å². The molecule has 0 aliphatic carbocycles. The molecule has 2 aromatic heterocycles. The third-order valence-electron chi connectivity index (χ3n) is 4.36. The number of fused-ring (bicyclic) bond motifs is 1. The summed E-state index contributed by atoms with van der Waals surface area (Å²) in [4.78, 5) is 21.6. The third-order valence-corrected chi connectivity index (χ3v) is 4.36. The second-order valence-corrected chi connectivity index (χ2v) is 6.29. The van der Waals surface area contributed by atoms with Crippen LogP contribution in [0.3, 0.4) is 0 Å². The molecule has 0 bridgehead atoms. The van der Waals surface area contributed by atoms with Crippen LogP contribution in [0.4, 0.5) is 13.2 Å². The first kappa shape index (κ1) is 18.6. The predicted molar refractivity (Wildman–Crippen MR) is 106 cm³/mol. The maximum absolute atomic E-state index is 13.2. The van der Waals surface area contributed by atoms with Gasteiger partial charge in [-0.1, -0.05) is 24.3 Å². The van der Waals surface area contributed by atoms with E-state index in [2.05, 4.69) is 9.97 Å². The van der Waals surface area contributed by atoms with Gasteiger partial charge in [-0.2, -0.15) is 13.2 Å². The molecule has 0 aliphatic heterocycles. The second-order valence-electron chi connectivity index (χ2n) is 6.29. The molecule has 0 saturated carbocycles. The number of rotatable bonds is 3. The highest BCUT2D eigenvalue weighted by molar-refractivity contribution is 5.80. The van der Waals surface area contributed by atoms with Crippen molar-refractivity contribution in [2.45, 2.75) is 6.18 Å². The maximum Gasteiger partial charge on any atom is 0.416 e. The molecule has 29 heavy (non-hydrogen) atoms. The Morgan fingerprint density at radius 3 is 2.41 bits per heavy atom. The Kier molecular flexibility index (Phi) is 4.72. The van der Waals surface area contributed by atoms with Crippen LogP contribution in [-0.4, -0.2) is 14.5 Å². The molecule has 4 nitrogen and oxygen atoms in total. The molecular weight excluding hydrogens is 379 g/mol. The summed E-state index contributed by atoms with van der Waals surface area (Å²) in [6, 6.07) is 14.9. The van der Waals surface area contributed by atoms with E-state index in [9.17, 15) is 18.0 Å². The zero-order valence-electron chi connectivity index (χ0n) is 15.0. The molecule has 0 unspecified atom stereocenters. The highest BCUT2D eigenvalue weighted by Crippen LogP contribution is 2.30. The zero-order valence-corrected chi connectivity index (χ0v) is 15.0. The minimum atomic E-state index is -4.52. The van der Waals surface area contributed by atoms with Crippen LogP contribution < -0.4 is 5.56 Å². The number of aromatic nitrogens is 3. The number of benzene rings is 2. The lowest BCUT2D eigenvalue weighted by atomic mass is 10.1. The number of para-hydroxylation sites is 1. The van der Waals surface area contributed by atoms with Crippen LogP contribution in [0.2, 0.25) is 0 Å². The van der Waals surface area contributed by atoms with Crippen LogP contribution in [0.5, 0.6) is 0 Å². The normalized spacial score (nSPS) is 12.0. The van der Waals surface area contributed by atoms with Crippen molar-refractivity contribution < 1.29 is 13.2 Å². The van der Waals surface area contributed by atoms with Gasteiger partial charge in [0.2, 0.25) is 0 Å². The second kappa shape index (κ2) is 7.35. The van der Waals surface area contributed by atoms with E-state index in [0.29, 0.717) is 10.9 Å².